The van der Waals surface area contributed by atoms with E-state index in [1.165, 1.54) is 10.8 Å². The van der Waals surface area contributed by atoms with Gasteiger partial charge in [0, 0.05) is 28.9 Å². The van der Waals surface area contributed by atoms with Gasteiger partial charge in [-0.05, 0) is 111 Å². The molecule has 0 saturated carbocycles. The van der Waals surface area contributed by atoms with E-state index in [9.17, 15) is 10.5 Å². The summed E-state index contributed by atoms with van der Waals surface area (Å²) in [5.41, 5.74) is 12.6. The molecule has 5 nitrogen and oxygen atoms in total. The number of hydrogen-bond donors (Lipinski definition) is 0. The van der Waals surface area contributed by atoms with E-state index >= 15 is 0 Å². The number of para-hydroxylation sites is 1. The van der Waals surface area contributed by atoms with Crippen molar-refractivity contribution in [3.8, 4) is 51.3 Å². The number of nitrogens with zero attached hydrogens (tertiary/aromatic N) is 5. The summed E-state index contributed by atoms with van der Waals surface area (Å²) in [6.45, 7) is 0.576. The predicted octanol–water partition coefficient (Wildman–Crippen LogP) is 9.75. The Labute approximate surface area is 272 Å². The molecule has 5 aromatic carbocycles. The Morgan fingerprint density at radius 2 is 1.17 bits per heavy atom. The lowest BCUT2D eigenvalue weighted by molar-refractivity contribution is 0.582. The number of pyridine rings is 1. The van der Waals surface area contributed by atoms with Gasteiger partial charge >= 0.3 is 0 Å². The van der Waals surface area contributed by atoms with Crippen molar-refractivity contribution in [2.45, 2.75) is 0 Å². The molecule has 0 fully saturated rings. The second-order valence-electron chi connectivity index (χ2n) is 11.6. The van der Waals surface area contributed by atoms with Crippen molar-refractivity contribution in [1.82, 2.24) is 14.5 Å². The van der Waals surface area contributed by atoms with Crippen molar-refractivity contribution < 1.29 is 0 Å². The summed E-state index contributed by atoms with van der Waals surface area (Å²) in [5.74, 6) is 0. The summed E-state index contributed by atoms with van der Waals surface area (Å²) in [4.78, 5) is 5.75. The average molecular weight is 602 g/mol. The first-order chi connectivity index (χ1) is 23.2. The lowest BCUT2D eigenvalue weighted by atomic mass is 9.96. The number of nitriles is 2. The van der Waals surface area contributed by atoms with Crippen LogP contribution in [-0.2, 0) is 0 Å². The zero-order chi connectivity index (χ0) is 31.7. The zero-order valence-corrected chi connectivity index (χ0v) is 25.4. The van der Waals surface area contributed by atoms with Gasteiger partial charge in [0.1, 0.15) is 11.8 Å². The van der Waals surface area contributed by atoms with E-state index in [1.807, 2.05) is 30.5 Å². The molecule has 2 aromatic heterocycles. The molecule has 0 bridgehead atoms. The third-order valence-corrected chi connectivity index (χ3v) is 8.78. The minimum absolute atomic E-state index is 0.405. The van der Waals surface area contributed by atoms with Crippen LogP contribution in [0.4, 0.5) is 0 Å². The lowest BCUT2D eigenvalue weighted by Gasteiger charge is -2.15. The van der Waals surface area contributed by atoms with E-state index in [2.05, 4.69) is 137 Å². The topological polar surface area (TPSA) is 68.6 Å². The number of benzene rings is 5. The van der Waals surface area contributed by atoms with Gasteiger partial charge in [-0.1, -0.05) is 72.8 Å². The molecule has 0 saturated heterocycles. The summed E-state index contributed by atoms with van der Waals surface area (Å²) in [6.07, 6.45) is 9.78. The maximum Gasteiger partial charge on any atom is 0.184 e. The first kappa shape index (κ1) is 27.8. The third kappa shape index (κ3) is 5.13. The van der Waals surface area contributed by atoms with E-state index < -0.39 is 0 Å². The van der Waals surface area contributed by atoms with Crippen LogP contribution in [0.25, 0.3) is 66.4 Å². The van der Waals surface area contributed by atoms with Crippen LogP contribution in [0.1, 0.15) is 11.3 Å². The second kappa shape index (κ2) is 11.7. The van der Waals surface area contributed by atoms with Gasteiger partial charge in [-0.15, -0.1) is 0 Å². The minimum Gasteiger partial charge on any atom is -0.309 e. The maximum atomic E-state index is 9.37. The van der Waals surface area contributed by atoms with Crippen molar-refractivity contribution in [3.05, 3.63) is 163 Å². The number of rotatable bonds is 5. The number of hydrogen-bond acceptors (Lipinski definition) is 4. The van der Waals surface area contributed by atoms with Crippen LogP contribution < -0.4 is 0 Å². The summed E-state index contributed by atoms with van der Waals surface area (Å²) >= 11 is 0. The standard InChI is InChI=1S/C42H27N5/c43-27-37-24-36(16-19-45-37)33-9-5-8-32(23-33)35-13-15-42-40(26-35)39-25-34(12-14-41(39)47(42)38-10-2-1-3-11-38)31-7-4-6-30(22-31)29-17-20-46(28-44)21-18-29/h1-20,22-26H,21H2. The second-order valence-corrected chi connectivity index (χ2v) is 11.6. The summed E-state index contributed by atoms with van der Waals surface area (Å²) in [7, 11) is 0. The van der Waals surface area contributed by atoms with Gasteiger partial charge in [0.15, 0.2) is 6.19 Å². The van der Waals surface area contributed by atoms with Gasteiger partial charge in [-0.2, -0.15) is 10.5 Å². The third-order valence-electron chi connectivity index (χ3n) is 8.78. The van der Waals surface area contributed by atoms with Gasteiger partial charge in [-0.3, -0.25) is 4.90 Å². The molecule has 5 heteroatoms. The van der Waals surface area contributed by atoms with Crippen LogP contribution in [-0.4, -0.2) is 21.0 Å². The Balaban J connectivity index is 1.27. The highest BCUT2D eigenvalue weighted by Crippen LogP contribution is 2.38. The fraction of sp³-hybridized carbons (Fsp3) is 0.0238. The van der Waals surface area contributed by atoms with E-state index in [-0.39, 0.29) is 0 Å². The Morgan fingerprint density at radius 3 is 1.77 bits per heavy atom. The number of aromatic nitrogens is 2. The van der Waals surface area contributed by atoms with Crippen molar-refractivity contribution >= 4 is 27.4 Å². The highest BCUT2D eigenvalue weighted by Gasteiger charge is 2.15. The first-order valence-corrected chi connectivity index (χ1v) is 15.4. The van der Waals surface area contributed by atoms with Gasteiger partial charge in [0.2, 0.25) is 0 Å². The van der Waals surface area contributed by atoms with E-state index in [1.54, 1.807) is 11.1 Å². The van der Waals surface area contributed by atoms with E-state index in [0.717, 1.165) is 61.2 Å². The smallest absolute Gasteiger partial charge is 0.184 e. The van der Waals surface area contributed by atoms with Crippen molar-refractivity contribution in [2.24, 2.45) is 0 Å². The van der Waals surface area contributed by atoms with Gasteiger partial charge in [-0.25, -0.2) is 4.98 Å². The summed E-state index contributed by atoms with van der Waals surface area (Å²) < 4.78 is 2.34. The van der Waals surface area contributed by atoms with Crippen molar-refractivity contribution in [1.29, 1.82) is 10.5 Å². The number of allylic oxidation sites excluding steroid dienone is 2. The average Bonchev–Trinajstić information content (AvgIpc) is 3.48. The van der Waals surface area contributed by atoms with Crippen molar-refractivity contribution in [3.63, 3.8) is 0 Å². The molecular formula is C42H27N5. The molecule has 0 amide bonds. The van der Waals surface area contributed by atoms with Crippen LogP contribution in [0.15, 0.2) is 152 Å². The Kier molecular flexibility index (Phi) is 6.91. The zero-order valence-electron chi connectivity index (χ0n) is 25.4. The molecule has 0 aliphatic carbocycles. The largest absolute Gasteiger partial charge is 0.309 e. The first-order valence-electron chi connectivity index (χ1n) is 15.4. The minimum atomic E-state index is 0.405. The van der Waals surface area contributed by atoms with E-state index in [0.29, 0.717) is 12.2 Å². The molecule has 0 N–H and O–H groups in total. The predicted molar refractivity (Wildman–Crippen MR) is 189 cm³/mol. The molecule has 0 spiro atoms. The molecule has 220 valence electrons. The molecule has 47 heavy (non-hydrogen) atoms. The molecule has 1 aliphatic rings. The van der Waals surface area contributed by atoms with Crippen LogP contribution in [0, 0.1) is 22.8 Å². The van der Waals surface area contributed by atoms with Gasteiger partial charge in [0.25, 0.3) is 0 Å². The Hall–Kier alpha value is -6.69. The van der Waals surface area contributed by atoms with Gasteiger partial charge < -0.3 is 4.57 Å². The van der Waals surface area contributed by atoms with Crippen molar-refractivity contribution in [2.75, 3.05) is 6.54 Å². The van der Waals surface area contributed by atoms with E-state index in [4.69, 9.17) is 0 Å². The number of fused-ring (bicyclic) bond motifs is 3. The quantitative estimate of drug-likeness (QED) is 0.184. The SMILES string of the molecule is N#Cc1cc(-c2cccc(-c3ccc4c(c3)c3cc(-c5cccc(C6=CCN(C#N)C=C6)c5)ccc3n4-c3ccccc3)c2)ccn1. The van der Waals surface area contributed by atoms with Crippen LogP contribution in [0.3, 0.4) is 0 Å². The molecule has 0 atom stereocenters. The molecule has 8 rings (SSSR count). The molecule has 7 aromatic rings. The highest BCUT2D eigenvalue weighted by molar-refractivity contribution is 6.11. The van der Waals surface area contributed by atoms with Crippen LogP contribution in [0.2, 0.25) is 0 Å². The van der Waals surface area contributed by atoms with Crippen LogP contribution in [0.5, 0.6) is 0 Å². The molecule has 0 radical (unpaired) electrons. The monoisotopic (exact) mass is 601 g/mol. The Bertz CT molecular complexity index is 2470. The summed E-state index contributed by atoms with van der Waals surface area (Å²) in [5, 5.41) is 20.9. The van der Waals surface area contributed by atoms with Crippen LogP contribution >= 0.6 is 0 Å². The fourth-order valence-corrected chi connectivity index (χ4v) is 6.45. The lowest BCUT2D eigenvalue weighted by Crippen LogP contribution is -2.12. The van der Waals surface area contributed by atoms with Gasteiger partial charge in [0.05, 0.1) is 17.6 Å². The molecule has 0 unspecified atom stereocenters. The Morgan fingerprint density at radius 1 is 0.574 bits per heavy atom. The molecule has 1 aliphatic heterocycles. The normalized spacial score (nSPS) is 12.6. The summed E-state index contributed by atoms with van der Waals surface area (Å²) in [6, 6.07) is 46.9. The highest BCUT2D eigenvalue weighted by atomic mass is 15.1. The molecule has 3 heterocycles. The fourth-order valence-electron chi connectivity index (χ4n) is 6.45. The molecular weight excluding hydrogens is 574 g/mol. The maximum absolute atomic E-state index is 9.37.